The zero-order chi connectivity index (χ0) is 11.5. The Morgan fingerprint density at radius 3 is 2.67 bits per heavy atom. The van der Waals surface area contributed by atoms with Crippen molar-refractivity contribution in [3.05, 3.63) is 42.0 Å². The molecule has 0 radical (unpaired) electrons. The normalized spacial score (nSPS) is 11.3. The highest BCUT2D eigenvalue weighted by molar-refractivity contribution is 7.89. The van der Waals surface area contributed by atoms with Gasteiger partial charge in [0.15, 0.2) is 0 Å². The Kier molecular flexibility index (Phi) is 3.66. The number of nitrogens with one attached hydrogen (secondary N) is 1. The van der Waals surface area contributed by atoms with Crippen LogP contribution < -0.4 is 4.72 Å². The Morgan fingerprint density at radius 1 is 1.47 bits per heavy atom. The summed E-state index contributed by atoms with van der Waals surface area (Å²) in [7, 11) is -3.39. The molecule has 1 N–H and O–H groups in total. The van der Waals surface area contributed by atoms with Gasteiger partial charge in [0.2, 0.25) is 10.0 Å². The third-order valence-corrected chi connectivity index (χ3v) is 3.26. The lowest BCUT2D eigenvalue weighted by molar-refractivity contribution is 0.584. The van der Waals surface area contributed by atoms with Gasteiger partial charge in [0.05, 0.1) is 4.90 Å². The van der Waals surface area contributed by atoms with E-state index in [0.717, 1.165) is 11.1 Å². The second-order valence-electron chi connectivity index (χ2n) is 3.60. The van der Waals surface area contributed by atoms with E-state index in [4.69, 9.17) is 0 Å². The first-order valence-electron chi connectivity index (χ1n) is 4.62. The fourth-order valence-electron chi connectivity index (χ4n) is 1.08. The lowest BCUT2D eigenvalue weighted by Crippen LogP contribution is -2.25. The molecule has 0 saturated heterocycles. The fraction of sp³-hybridized carbons (Fsp3) is 0.273. The van der Waals surface area contributed by atoms with Gasteiger partial charge in [-0.05, 0) is 31.5 Å². The largest absolute Gasteiger partial charge is 0.240 e. The summed E-state index contributed by atoms with van der Waals surface area (Å²) in [6, 6.07) is 6.80. The molecule has 0 aliphatic heterocycles. The maximum Gasteiger partial charge on any atom is 0.240 e. The summed E-state index contributed by atoms with van der Waals surface area (Å²) in [4.78, 5) is 0.295. The number of hydrogen-bond acceptors (Lipinski definition) is 2. The molecule has 0 atom stereocenters. The van der Waals surface area contributed by atoms with E-state index < -0.39 is 10.0 Å². The highest BCUT2D eigenvalue weighted by Gasteiger charge is 2.12. The van der Waals surface area contributed by atoms with Crippen molar-refractivity contribution in [1.82, 2.24) is 4.72 Å². The maximum atomic E-state index is 11.7. The molecule has 0 amide bonds. The van der Waals surface area contributed by atoms with Crippen LogP contribution in [0, 0.1) is 6.92 Å². The molecule has 3 nitrogen and oxygen atoms in total. The molecule has 15 heavy (non-hydrogen) atoms. The molecule has 4 heteroatoms. The summed E-state index contributed by atoms with van der Waals surface area (Å²) in [5, 5.41) is 0. The molecule has 0 spiro atoms. The molecule has 0 saturated carbocycles. The Morgan fingerprint density at radius 2 is 2.13 bits per heavy atom. The third kappa shape index (κ3) is 3.49. The summed E-state index contributed by atoms with van der Waals surface area (Å²) >= 11 is 0. The van der Waals surface area contributed by atoms with Crippen molar-refractivity contribution in [1.29, 1.82) is 0 Å². The van der Waals surface area contributed by atoms with Crippen molar-refractivity contribution < 1.29 is 8.42 Å². The van der Waals surface area contributed by atoms with Crippen LogP contribution in [0.1, 0.15) is 12.5 Å². The average Bonchev–Trinajstić information content (AvgIpc) is 2.15. The quantitative estimate of drug-likeness (QED) is 0.795. The van der Waals surface area contributed by atoms with Crippen LogP contribution >= 0.6 is 0 Å². The minimum Gasteiger partial charge on any atom is -0.207 e. The third-order valence-electron chi connectivity index (χ3n) is 1.86. The van der Waals surface area contributed by atoms with E-state index in [2.05, 4.69) is 11.3 Å². The molecule has 0 aliphatic carbocycles. The van der Waals surface area contributed by atoms with Gasteiger partial charge in [0.1, 0.15) is 0 Å². The smallest absolute Gasteiger partial charge is 0.207 e. The zero-order valence-electron chi connectivity index (χ0n) is 8.95. The molecular weight excluding hydrogens is 210 g/mol. The molecule has 82 valence electrons. The van der Waals surface area contributed by atoms with Gasteiger partial charge < -0.3 is 0 Å². The zero-order valence-corrected chi connectivity index (χ0v) is 9.76. The molecule has 0 unspecified atom stereocenters. The van der Waals surface area contributed by atoms with Gasteiger partial charge in [-0.3, -0.25) is 0 Å². The molecule has 1 rings (SSSR count). The summed E-state index contributed by atoms with van der Waals surface area (Å²) in [5.74, 6) is 0. The Hall–Kier alpha value is -1.13. The van der Waals surface area contributed by atoms with Crippen molar-refractivity contribution in [2.45, 2.75) is 18.7 Å². The van der Waals surface area contributed by atoms with Gasteiger partial charge in [-0.15, -0.1) is 0 Å². The number of sulfonamides is 1. The Balaban J connectivity index is 2.91. The number of aryl methyl sites for hydroxylation is 1. The molecule has 0 aliphatic rings. The number of hydrogen-bond donors (Lipinski definition) is 1. The van der Waals surface area contributed by atoms with Crippen molar-refractivity contribution >= 4 is 10.0 Å². The monoisotopic (exact) mass is 225 g/mol. The molecular formula is C11H15NO2S. The minimum atomic E-state index is -3.39. The average molecular weight is 225 g/mol. The molecule has 1 aromatic carbocycles. The van der Waals surface area contributed by atoms with Crippen LogP contribution in [0.5, 0.6) is 0 Å². The van der Waals surface area contributed by atoms with E-state index in [1.807, 2.05) is 13.0 Å². The SMILES string of the molecule is C=C(C)CNS(=O)(=O)c1cccc(C)c1. The van der Waals surface area contributed by atoms with Crippen LogP contribution in [0.3, 0.4) is 0 Å². The molecule has 0 heterocycles. The van der Waals surface area contributed by atoms with Gasteiger partial charge in [-0.2, -0.15) is 0 Å². The molecule has 0 aromatic heterocycles. The van der Waals surface area contributed by atoms with Gasteiger partial charge in [-0.1, -0.05) is 24.3 Å². The lowest BCUT2D eigenvalue weighted by atomic mass is 10.2. The van der Waals surface area contributed by atoms with Gasteiger partial charge in [0.25, 0.3) is 0 Å². The Labute approximate surface area is 90.9 Å². The van der Waals surface area contributed by atoms with Crippen molar-refractivity contribution in [3.63, 3.8) is 0 Å². The van der Waals surface area contributed by atoms with Crippen molar-refractivity contribution in [2.24, 2.45) is 0 Å². The van der Waals surface area contributed by atoms with E-state index in [9.17, 15) is 8.42 Å². The van der Waals surface area contributed by atoms with Crippen LogP contribution in [0.25, 0.3) is 0 Å². The highest BCUT2D eigenvalue weighted by Crippen LogP contribution is 2.10. The van der Waals surface area contributed by atoms with E-state index in [-0.39, 0.29) is 6.54 Å². The van der Waals surface area contributed by atoms with Gasteiger partial charge in [0, 0.05) is 6.54 Å². The van der Waals surface area contributed by atoms with E-state index in [1.165, 1.54) is 0 Å². The van der Waals surface area contributed by atoms with Crippen molar-refractivity contribution in [2.75, 3.05) is 6.54 Å². The molecule has 0 bridgehead atoms. The second-order valence-corrected chi connectivity index (χ2v) is 5.37. The van der Waals surface area contributed by atoms with Crippen LogP contribution in [0.15, 0.2) is 41.3 Å². The maximum absolute atomic E-state index is 11.7. The number of rotatable bonds is 4. The van der Waals surface area contributed by atoms with Gasteiger partial charge >= 0.3 is 0 Å². The van der Waals surface area contributed by atoms with E-state index in [0.29, 0.717) is 4.90 Å². The predicted molar refractivity (Wildman–Crippen MR) is 61.2 cm³/mol. The van der Waals surface area contributed by atoms with Crippen LogP contribution in [0.4, 0.5) is 0 Å². The fourth-order valence-corrected chi connectivity index (χ4v) is 2.29. The number of benzene rings is 1. The lowest BCUT2D eigenvalue weighted by Gasteiger charge is -2.06. The van der Waals surface area contributed by atoms with E-state index >= 15 is 0 Å². The topological polar surface area (TPSA) is 46.2 Å². The van der Waals surface area contributed by atoms with Gasteiger partial charge in [-0.25, -0.2) is 13.1 Å². The highest BCUT2D eigenvalue weighted by atomic mass is 32.2. The summed E-state index contributed by atoms with van der Waals surface area (Å²) in [6.07, 6.45) is 0. The predicted octanol–water partition coefficient (Wildman–Crippen LogP) is 1.85. The van der Waals surface area contributed by atoms with Crippen LogP contribution in [-0.2, 0) is 10.0 Å². The van der Waals surface area contributed by atoms with Crippen LogP contribution in [0.2, 0.25) is 0 Å². The second kappa shape index (κ2) is 4.59. The van der Waals surface area contributed by atoms with Crippen LogP contribution in [-0.4, -0.2) is 15.0 Å². The first-order valence-corrected chi connectivity index (χ1v) is 6.11. The first kappa shape index (κ1) is 11.9. The molecule has 1 aromatic rings. The minimum absolute atomic E-state index is 0.274. The Bertz CT molecular complexity index is 463. The standard InChI is InChI=1S/C11H15NO2S/c1-9(2)8-12-15(13,14)11-6-4-5-10(3)7-11/h4-7,12H,1,8H2,2-3H3. The molecule has 0 fully saturated rings. The first-order chi connectivity index (χ1) is 6.92. The van der Waals surface area contributed by atoms with E-state index in [1.54, 1.807) is 25.1 Å². The van der Waals surface area contributed by atoms with Crippen molar-refractivity contribution in [3.8, 4) is 0 Å². The summed E-state index contributed by atoms with van der Waals surface area (Å²) < 4.78 is 25.9. The summed E-state index contributed by atoms with van der Waals surface area (Å²) in [5.41, 5.74) is 1.71. The summed E-state index contributed by atoms with van der Waals surface area (Å²) in [6.45, 7) is 7.55.